The Balaban J connectivity index is 1.02. The number of amides is 4. The van der Waals surface area contributed by atoms with Gasteiger partial charge >= 0.3 is 18.2 Å². The van der Waals surface area contributed by atoms with Gasteiger partial charge in [0.25, 0.3) is 0 Å². The highest BCUT2D eigenvalue weighted by Crippen LogP contribution is 2.28. The number of carbonyl (C=O) groups is 5. The van der Waals surface area contributed by atoms with E-state index >= 15 is 0 Å². The lowest BCUT2D eigenvalue weighted by Gasteiger charge is -2.34. The maximum Gasteiger partial charge on any atom is 0.408 e. The zero-order valence-electron chi connectivity index (χ0n) is 37.0. The van der Waals surface area contributed by atoms with Crippen molar-refractivity contribution >= 4 is 30.0 Å². The topological polar surface area (TPSA) is 174 Å². The quantitative estimate of drug-likeness (QED) is 0.0982. The van der Waals surface area contributed by atoms with Crippen molar-refractivity contribution in [2.45, 2.75) is 116 Å². The van der Waals surface area contributed by atoms with Gasteiger partial charge in [0.15, 0.2) is 0 Å². The molecule has 3 fully saturated rings. The van der Waals surface area contributed by atoms with Gasteiger partial charge in [0.2, 0.25) is 11.8 Å². The fraction of sp³-hybridized carbons (Fsp3) is 0.521. The molecule has 0 aromatic heterocycles. The molecule has 15 heteroatoms. The summed E-state index contributed by atoms with van der Waals surface area (Å²) in [5.74, 6) is -0.763. The Morgan fingerprint density at radius 2 is 1.57 bits per heavy atom. The van der Waals surface area contributed by atoms with Crippen molar-refractivity contribution in [2.75, 3.05) is 39.4 Å². The highest BCUT2D eigenvalue weighted by molar-refractivity contribution is 5.93. The number of nitrogens with zero attached hydrogens (tertiary/aromatic N) is 2. The normalized spacial score (nSPS) is 19.4. The molecule has 3 aliphatic heterocycles. The minimum atomic E-state index is -1.31. The van der Waals surface area contributed by atoms with Crippen LogP contribution in [0.2, 0.25) is 0 Å². The van der Waals surface area contributed by atoms with Crippen LogP contribution in [0.3, 0.4) is 0 Å². The zero-order valence-corrected chi connectivity index (χ0v) is 37.0. The molecule has 0 saturated carbocycles. The highest BCUT2D eigenvalue weighted by Gasteiger charge is 2.40. The van der Waals surface area contributed by atoms with Crippen LogP contribution in [0.1, 0.15) is 81.5 Å². The molecule has 340 valence electrons. The van der Waals surface area contributed by atoms with E-state index in [4.69, 9.17) is 23.7 Å². The van der Waals surface area contributed by atoms with E-state index in [1.165, 1.54) is 0 Å². The number of likely N-dealkylation sites (tertiary alicyclic amines) is 2. The number of benzene rings is 3. The van der Waals surface area contributed by atoms with Crippen LogP contribution >= 0.6 is 0 Å². The zero-order chi connectivity index (χ0) is 44.8. The van der Waals surface area contributed by atoms with Crippen molar-refractivity contribution in [1.82, 2.24) is 25.8 Å². The van der Waals surface area contributed by atoms with Gasteiger partial charge in [-0.05, 0) is 100 Å². The molecule has 15 nitrogen and oxygen atoms in total. The molecule has 3 saturated heterocycles. The summed E-state index contributed by atoms with van der Waals surface area (Å²) in [6, 6.07) is 22.4. The van der Waals surface area contributed by atoms with Crippen molar-refractivity contribution < 1.29 is 47.7 Å². The monoisotopic (exact) mass is 869 g/mol. The van der Waals surface area contributed by atoms with E-state index in [1.807, 2.05) is 85.8 Å². The first-order valence-electron chi connectivity index (χ1n) is 22.1. The molecule has 4 amide bonds. The lowest BCUT2D eigenvalue weighted by atomic mass is 9.94. The lowest BCUT2D eigenvalue weighted by molar-refractivity contribution is -0.149. The average Bonchev–Trinajstić information content (AvgIpc) is 3.90. The number of aryl methyl sites for hydroxylation is 1. The number of hydrogen-bond donors (Lipinski definition) is 3. The third kappa shape index (κ3) is 15.0. The first-order chi connectivity index (χ1) is 30.3. The number of morpholine rings is 1. The van der Waals surface area contributed by atoms with Crippen LogP contribution in [0.25, 0.3) is 0 Å². The molecule has 2 bridgehead atoms. The lowest BCUT2D eigenvalue weighted by Crippen LogP contribution is -2.55. The van der Waals surface area contributed by atoms with Gasteiger partial charge in [-0.15, -0.1) is 0 Å². The molecule has 63 heavy (non-hydrogen) atoms. The summed E-state index contributed by atoms with van der Waals surface area (Å²) < 4.78 is 28.4. The van der Waals surface area contributed by atoms with E-state index in [2.05, 4.69) is 20.9 Å². The van der Waals surface area contributed by atoms with Crippen LogP contribution in [0.15, 0.2) is 78.9 Å². The predicted molar refractivity (Wildman–Crippen MR) is 234 cm³/mol. The number of carbonyl (C=O) groups excluding carboxylic acids is 5. The summed E-state index contributed by atoms with van der Waals surface area (Å²) in [5.41, 5.74) is 2.76. The largest absolute Gasteiger partial charge is 0.494 e. The van der Waals surface area contributed by atoms with Gasteiger partial charge in [-0.1, -0.05) is 66.7 Å². The number of nitrogens with one attached hydrogen (secondary N) is 3. The van der Waals surface area contributed by atoms with Gasteiger partial charge in [0.05, 0.1) is 25.7 Å². The minimum absolute atomic E-state index is 0.0327. The Bertz CT molecular complexity index is 1990. The van der Waals surface area contributed by atoms with Crippen molar-refractivity contribution in [3.63, 3.8) is 0 Å². The second kappa shape index (κ2) is 22.6. The second-order valence-corrected chi connectivity index (χ2v) is 17.7. The summed E-state index contributed by atoms with van der Waals surface area (Å²) in [6.45, 7) is 10.9. The number of alkyl carbamates (subject to hydrolysis) is 2. The van der Waals surface area contributed by atoms with Gasteiger partial charge in [-0.25, -0.2) is 14.4 Å². The molecule has 3 N–H and O–H groups in total. The first kappa shape index (κ1) is 46.8. The van der Waals surface area contributed by atoms with E-state index < -0.39 is 41.7 Å². The summed E-state index contributed by atoms with van der Waals surface area (Å²) in [4.78, 5) is 71.0. The van der Waals surface area contributed by atoms with Gasteiger partial charge in [-0.3, -0.25) is 14.5 Å². The molecular weight excluding hydrogens is 807 g/mol. The second-order valence-electron chi connectivity index (χ2n) is 17.7. The maximum atomic E-state index is 14.1. The fourth-order valence-electron chi connectivity index (χ4n) is 8.10. The van der Waals surface area contributed by atoms with Crippen LogP contribution in [0.4, 0.5) is 9.59 Å². The van der Waals surface area contributed by atoms with Crippen molar-refractivity contribution in [1.29, 1.82) is 0 Å². The fourth-order valence-corrected chi connectivity index (χ4v) is 8.10. The Morgan fingerprint density at radius 1 is 0.857 bits per heavy atom. The van der Waals surface area contributed by atoms with Crippen LogP contribution in [-0.2, 0) is 53.1 Å². The maximum absolute atomic E-state index is 14.1. The molecule has 1 unspecified atom stereocenters. The number of hydrogen-bond acceptors (Lipinski definition) is 11. The summed E-state index contributed by atoms with van der Waals surface area (Å²) >= 11 is 0. The minimum Gasteiger partial charge on any atom is -0.494 e. The SMILES string of the molecule is Cc1ccc(OCCC2CCCN(C(=O)C[C@H](NC(=O)OC(C)(C)C)C(=O)N[C@@H](CCN3C[C@@H]4C[C@H]3CO4)C(=O)OCc3ccccc3)C2)cc1CNC(=O)OCc1ccccc1. The standard InChI is InChI=1S/C48H63N5O10/c1-33-17-18-39(24-37(33)27-49-46(57)62-31-36-14-9-6-10-15-36)59-23-20-34-16-11-21-53(28-34)43(54)26-42(51-47(58)63-48(2,3)4)44(55)50-41(19-22-52-29-40-25-38(52)32-60-40)45(56)61-30-35-12-7-5-8-13-35/h5-10,12-15,17-18,24,34,38,40-42H,11,16,19-23,25-32H2,1-4H3,(H,49,57)(H,50,55)(H,51,58)/t34?,38-,40-,41-,42-/m0/s1. The van der Waals surface area contributed by atoms with E-state index in [1.54, 1.807) is 25.7 Å². The molecule has 3 aromatic carbocycles. The first-order valence-corrected chi connectivity index (χ1v) is 22.1. The molecule has 5 atom stereocenters. The Hall–Kier alpha value is -5.67. The Kier molecular flexibility index (Phi) is 16.8. The number of piperidine rings is 1. The van der Waals surface area contributed by atoms with Crippen LogP contribution in [0.5, 0.6) is 5.75 Å². The van der Waals surface area contributed by atoms with E-state index in [0.717, 1.165) is 48.1 Å². The van der Waals surface area contributed by atoms with Gasteiger partial charge in [0, 0.05) is 38.8 Å². The number of ether oxygens (including phenoxy) is 5. The highest BCUT2D eigenvalue weighted by atomic mass is 16.6. The molecule has 0 spiro atoms. The molecule has 0 radical (unpaired) electrons. The average molecular weight is 870 g/mol. The van der Waals surface area contributed by atoms with Crippen molar-refractivity contribution in [3.05, 3.63) is 101 Å². The van der Waals surface area contributed by atoms with Gasteiger partial charge in [-0.2, -0.15) is 0 Å². The van der Waals surface area contributed by atoms with Gasteiger partial charge in [0.1, 0.15) is 36.6 Å². The smallest absolute Gasteiger partial charge is 0.408 e. The van der Waals surface area contributed by atoms with Crippen LogP contribution in [0, 0.1) is 12.8 Å². The predicted octanol–water partition coefficient (Wildman–Crippen LogP) is 5.80. The molecule has 0 aliphatic carbocycles. The summed E-state index contributed by atoms with van der Waals surface area (Å²) in [6.07, 6.45) is 2.06. The molecular formula is C48H63N5O10. The van der Waals surface area contributed by atoms with Gasteiger partial charge < -0.3 is 44.5 Å². The van der Waals surface area contributed by atoms with E-state index in [0.29, 0.717) is 45.0 Å². The van der Waals surface area contributed by atoms with E-state index in [9.17, 15) is 24.0 Å². The number of rotatable bonds is 19. The van der Waals surface area contributed by atoms with Crippen LogP contribution < -0.4 is 20.7 Å². The van der Waals surface area contributed by atoms with E-state index in [-0.39, 0.29) is 56.6 Å². The third-order valence-electron chi connectivity index (χ3n) is 11.6. The Labute approximate surface area is 370 Å². The molecule has 3 aliphatic rings. The third-order valence-corrected chi connectivity index (χ3v) is 11.6. The number of esters is 1. The Morgan fingerprint density at radius 3 is 2.24 bits per heavy atom. The number of fused-ring (bicyclic) bond motifs is 2. The van der Waals surface area contributed by atoms with Crippen LogP contribution in [-0.4, -0.2) is 109 Å². The molecule has 3 aromatic rings. The molecule has 3 heterocycles. The van der Waals surface area contributed by atoms with Crippen molar-refractivity contribution in [2.24, 2.45) is 5.92 Å². The van der Waals surface area contributed by atoms with Crippen molar-refractivity contribution in [3.8, 4) is 5.75 Å². The summed E-state index contributed by atoms with van der Waals surface area (Å²) in [5, 5.41) is 8.25. The summed E-state index contributed by atoms with van der Waals surface area (Å²) in [7, 11) is 0. The molecule has 6 rings (SSSR count).